The van der Waals surface area contributed by atoms with Gasteiger partial charge in [0, 0.05) is 24.4 Å². The van der Waals surface area contributed by atoms with Crippen LogP contribution in [0.2, 0.25) is 0 Å². The molecule has 1 aromatic carbocycles. The van der Waals surface area contributed by atoms with Crippen LogP contribution in [0.15, 0.2) is 24.3 Å². The maximum absolute atomic E-state index is 11.9. The van der Waals surface area contributed by atoms with E-state index in [1.807, 2.05) is 14.0 Å². The average Bonchev–Trinajstić information content (AvgIpc) is 2.37. The zero-order chi connectivity index (χ0) is 14.5. The molecule has 0 aliphatic rings. The summed E-state index contributed by atoms with van der Waals surface area (Å²) < 4.78 is 0. The van der Waals surface area contributed by atoms with E-state index in [4.69, 9.17) is 0 Å². The van der Waals surface area contributed by atoms with Crippen LogP contribution in [0.3, 0.4) is 0 Å². The topological polar surface area (TPSA) is 41.1 Å². The fourth-order valence-electron chi connectivity index (χ4n) is 1.99. The van der Waals surface area contributed by atoms with Gasteiger partial charge in [-0.25, -0.2) is 0 Å². The molecule has 0 aliphatic heterocycles. The van der Waals surface area contributed by atoms with Gasteiger partial charge in [-0.15, -0.1) is 0 Å². The van der Waals surface area contributed by atoms with Gasteiger partial charge >= 0.3 is 0 Å². The van der Waals surface area contributed by atoms with Crippen molar-refractivity contribution < 1.29 is 4.79 Å². The van der Waals surface area contributed by atoms with Gasteiger partial charge in [0.05, 0.1) is 0 Å². The number of hydrogen-bond acceptors (Lipinski definition) is 2. The third-order valence-corrected chi connectivity index (χ3v) is 3.50. The number of rotatable bonds is 6. The lowest BCUT2D eigenvalue weighted by atomic mass is 9.84. The zero-order valence-corrected chi connectivity index (χ0v) is 12.7. The first-order valence-electron chi connectivity index (χ1n) is 6.86. The predicted octanol–water partition coefficient (Wildman–Crippen LogP) is 2.24. The van der Waals surface area contributed by atoms with E-state index in [0.29, 0.717) is 13.1 Å². The Bertz CT molecular complexity index is 409. The van der Waals surface area contributed by atoms with Crippen LogP contribution in [0.1, 0.15) is 31.9 Å². The molecule has 0 spiro atoms. The Morgan fingerprint density at radius 2 is 1.84 bits per heavy atom. The summed E-state index contributed by atoms with van der Waals surface area (Å²) in [5, 5.41) is 6.06. The highest BCUT2D eigenvalue weighted by Gasteiger charge is 2.22. The average molecular weight is 262 g/mol. The van der Waals surface area contributed by atoms with Crippen LogP contribution in [-0.4, -0.2) is 26.0 Å². The van der Waals surface area contributed by atoms with Crippen LogP contribution in [0, 0.1) is 12.8 Å². The van der Waals surface area contributed by atoms with Crippen molar-refractivity contribution in [1.29, 1.82) is 0 Å². The molecule has 0 heterocycles. The molecule has 3 nitrogen and oxygen atoms in total. The molecule has 1 atom stereocenters. The minimum atomic E-state index is -0.0529. The van der Waals surface area contributed by atoms with E-state index in [2.05, 4.69) is 55.7 Å². The van der Waals surface area contributed by atoms with E-state index in [-0.39, 0.29) is 17.2 Å². The Kier molecular flexibility index (Phi) is 5.55. The smallest absolute Gasteiger partial charge is 0.224 e. The number of nitrogens with one attached hydrogen (secondary N) is 2. The van der Waals surface area contributed by atoms with Crippen molar-refractivity contribution in [2.45, 2.75) is 33.1 Å². The molecule has 1 amide bonds. The number of amides is 1. The molecule has 0 aliphatic carbocycles. The highest BCUT2D eigenvalue weighted by molar-refractivity contribution is 5.78. The number of carbonyl (C=O) groups excluding carboxylic acids is 1. The van der Waals surface area contributed by atoms with E-state index in [1.54, 1.807) is 0 Å². The highest BCUT2D eigenvalue weighted by Crippen LogP contribution is 2.22. The van der Waals surface area contributed by atoms with Gasteiger partial charge < -0.3 is 10.6 Å². The van der Waals surface area contributed by atoms with Crippen LogP contribution in [0.4, 0.5) is 0 Å². The summed E-state index contributed by atoms with van der Waals surface area (Å²) in [5.74, 6) is 0.105. The molecular formula is C16H26N2O. The molecule has 0 saturated heterocycles. The van der Waals surface area contributed by atoms with E-state index in [1.165, 1.54) is 11.1 Å². The SMILES string of the molecule is CNCC(C)C(=O)NCC(C)(C)c1ccc(C)cc1. The molecule has 1 rings (SSSR count). The van der Waals surface area contributed by atoms with Crippen molar-refractivity contribution in [2.24, 2.45) is 5.92 Å². The van der Waals surface area contributed by atoms with E-state index in [9.17, 15) is 4.79 Å². The molecule has 2 N–H and O–H groups in total. The number of aryl methyl sites for hydroxylation is 1. The Balaban J connectivity index is 2.60. The van der Waals surface area contributed by atoms with Crippen molar-refractivity contribution >= 4 is 5.91 Å². The van der Waals surface area contributed by atoms with Crippen LogP contribution in [0.25, 0.3) is 0 Å². The van der Waals surface area contributed by atoms with Crippen molar-refractivity contribution in [3.05, 3.63) is 35.4 Å². The normalized spacial score (nSPS) is 13.1. The molecule has 0 radical (unpaired) electrons. The summed E-state index contributed by atoms with van der Waals surface area (Å²) in [6.07, 6.45) is 0. The first kappa shape index (κ1) is 15.7. The van der Waals surface area contributed by atoms with Crippen molar-refractivity contribution in [3.8, 4) is 0 Å². The Hall–Kier alpha value is -1.35. The van der Waals surface area contributed by atoms with Crippen molar-refractivity contribution in [3.63, 3.8) is 0 Å². The summed E-state index contributed by atoms with van der Waals surface area (Å²) in [6.45, 7) is 9.68. The quantitative estimate of drug-likeness (QED) is 0.825. The van der Waals surface area contributed by atoms with E-state index in [0.717, 1.165) is 0 Å². The van der Waals surface area contributed by atoms with Gasteiger partial charge in [-0.2, -0.15) is 0 Å². The summed E-state index contributed by atoms with van der Waals surface area (Å²) in [4.78, 5) is 11.9. The standard InChI is InChI=1S/C16H26N2O/c1-12-6-8-14(9-7-12)16(3,4)11-18-15(19)13(2)10-17-5/h6-9,13,17H,10-11H2,1-5H3,(H,18,19). The maximum Gasteiger partial charge on any atom is 0.224 e. The second kappa shape index (κ2) is 6.71. The van der Waals surface area contributed by atoms with Crippen LogP contribution >= 0.6 is 0 Å². The Labute approximate surface area is 116 Å². The Morgan fingerprint density at radius 3 is 2.37 bits per heavy atom. The number of carbonyl (C=O) groups is 1. The highest BCUT2D eigenvalue weighted by atomic mass is 16.1. The molecule has 19 heavy (non-hydrogen) atoms. The van der Waals surface area contributed by atoms with Crippen molar-refractivity contribution in [2.75, 3.05) is 20.1 Å². The minimum absolute atomic E-state index is 0.00109. The molecular weight excluding hydrogens is 236 g/mol. The van der Waals surface area contributed by atoms with E-state index >= 15 is 0 Å². The minimum Gasteiger partial charge on any atom is -0.355 e. The van der Waals surface area contributed by atoms with Gasteiger partial charge in [-0.1, -0.05) is 50.6 Å². The van der Waals surface area contributed by atoms with Crippen molar-refractivity contribution in [1.82, 2.24) is 10.6 Å². The first-order valence-corrected chi connectivity index (χ1v) is 6.86. The van der Waals surface area contributed by atoms with Gasteiger partial charge in [-0.3, -0.25) is 4.79 Å². The van der Waals surface area contributed by atoms with Gasteiger partial charge in [0.25, 0.3) is 0 Å². The lowest BCUT2D eigenvalue weighted by molar-refractivity contribution is -0.124. The lowest BCUT2D eigenvalue weighted by Crippen LogP contribution is -2.41. The molecule has 1 unspecified atom stereocenters. The molecule has 3 heteroatoms. The second-order valence-electron chi connectivity index (χ2n) is 5.93. The van der Waals surface area contributed by atoms with Gasteiger partial charge in [0.2, 0.25) is 5.91 Å². The second-order valence-corrected chi connectivity index (χ2v) is 5.93. The molecule has 106 valence electrons. The third-order valence-electron chi connectivity index (χ3n) is 3.50. The zero-order valence-electron chi connectivity index (χ0n) is 12.7. The lowest BCUT2D eigenvalue weighted by Gasteiger charge is -2.26. The monoisotopic (exact) mass is 262 g/mol. The van der Waals surface area contributed by atoms with Gasteiger partial charge in [0.1, 0.15) is 0 Å². The maximum atomic E-state index is 11.9. The summed E-state index contributed by atoms with van der Waals surface area (Å²) in [5.41, 5.74) is 2.45. The molecule has 0 fully saturated rings. The molecule has 0 aromatic heterocycles. The molecule has 0 saturated carbocycles. The summed E-state index contributed by atoms with van der Waals surface area (Å²) >= 11 is 0. The van der Waals surface area contributed by atoms with Gasteiger partial charge in [0.15, 0.2) is 0 Å². The predicted molar refractivity (Wildman–Crippen MR) is 80.3 cm³/mol. The van der Waals surface area contributed by atoms with Crippen LogP contribution in [0.5, 0.6) is 0 Å². The fraction of sp³-hybridized carbons (Fsp3) is 0.562. The Morgan fingerprint density at radius 1 is 1.26 bits per heavy atom. The number of hydrogen-bond donors (Lipinski definition) is 2. The first-order chi connectivity index (χ1) is 8.86. The fourth-order valence-corrected chi connectivity index (χ4v) is 1.99. The van der Waals surface area contributed by atoms with Crippen LogP contribution < -0.4 is 10.6 Å². The summed E-state index contributed by atoms with van der Waals surface area (Å²) in [6, 6.07) is 8.50. The molecule has 0 bridgehead atoms. The van der Waals surface area contributed by atoms with Gasteiger partial charge in [-0.05, 0) is 19.5 Å². The van der Waals surface area contributed by atoms with Crippen LogP contribution in [-0.2, 0) is 10.2 Å². The summed E-state index contributed by atoms with van der Waals surface area (Å²) in [7, 11) is 1.86. The largest absolute Gasteiger partial charge is 0.355 e. The third kappa shape index (κ3) is 4.67. The number of benzene rings is 1. The van der Waals surface area contributed by atoms with E-state index < -0.39 is 0 Å². The molecule has 1 aromatic rings.